The topological polar surface area (TPSA) is 52.7 Å². The van der Waals surface area contributed by atoms with Crippen molar-refractivity contribution in [2.24, 2.45) is 11.3 Å². The van der Waals surface area contributed by atoms with E-state index in [2.05, 4.69) is 5.32 Å². The van der Waals surface area contributed by atoms with Crippen LogP contribution in [0.1, 0.15) is 27.2 Å². The Kier molecular flexibility index (Phi) is 7.02. The summed E-state index contributed by atoms with van der Waals surface area (Å²) in [6, 6.07) is -0.268. The number of thioether (sulfide) groups is 1. The van der Waals surface area contributed by atoms with E-state index in [-0.39, 0.29) is 30.3 Å². The quantitative estimate of drug-likeness (QED) is 0.837. The second-order valence-corrected chi connectivity index (χ2v) is 8.04. The molecule has 0 bridgehead atoms. The molecule has 0 aliphatic carbocycles. The van der Waals surface area contributed by atoms with E-state index in [1.165, 1.54) is 0 Å². The van der Waals surface area contributed by atoms with E-state index in [1.54, 1.807) is 16.7 Å². The molecule has 0 radical (unpaired) electrons. The summed E-state index contributed by atoms with van der Waals surface area (Å²) in [4.78, 5) is 29.0. The molecule has 2 fully saturated rings. The maximum absolute atomic E-state index is 12.7. The lowest BCUT2D eigenvalue weighted by Crippen LogP contribution is -2.51. The fraction of sp³-hybridized carbons (Fsp3) is 0.867. The van der Waals surface area contributed by atoms with Crippen LogP contribution >= 0.6 is 24.2 Å². The third-order valence-corrected chi connectivity index (χ3v) is 5.17. The monoisotopic (exact) mass is 349 g/mol. The van der Waals surface area contributed by atoms with Crippen LogP contribution < -0.4 is 5.32 Å². The fourth-order valence-corrected chi connectivity index (χ4v) is 4.12. The van der Waals surface area contributed by atoms with Gasteiger partial charge in [0, 0.05) is 24.3 Å². The Balaban J connectivity index is 0.00000242. The summed E-state index contributed by atoms with van der Waals surface area (Å²) in [6.07, 6.45) is 1.06. The van der Waals surface area contributed by atoms with E-state index in [4.69, 9.17) is 0 Å². The van der Waals surface area contributed by atoms with Gasteiger partial charge in [0.05, 0.1) is 5.88 Å². The number of nitrogens with zero attached hydrogens (tertiary/aromatic N) is 2. The zero-order valence-corrected chi connectivity index (χ0v) is 15.6. The van der Waals surface area contributed by atoms with Crippen molar-refractivity contribution >= 4 is 36.0 Å². The number of carbonyl (C=O) groups excluding carboxylic acids is 2. The largest absolute Gasteiger partial charge is 0.341 e. The maximum Gasteiger partial charge on any atom is 0.246 e. The van der Waals surface area contributed by atoms with Crippen molar-refractivity contribution in [2.45, 2.75) is 33.2 Å². The highest BCUT2D eigenvalue weighted by atomic mass is 35.5. The highest BCUT2D eigenvalue weighted by molar-refractivity contribution is 7.99. The van der Waals surface area contributed by atoms with Crippen LogP contribution in [0.15, 0.2) is 0 Å². The summed E-state index contributed by atoms with van der Waals surface area (Å²) in [5, 5.41) is 3.18. The van der Waals surface area contributed by atoms with Gasteiger partial charge in [-0.05, 0) is 25.9 Å². The average molecular weight is 350 g/mol. The summed E-state index contributed by atoms with van der Waals surface area (Å²) >= 11 is 1.68. The highest BCUT2D eigenvalue weighted by Gasteiger charge is 2.41. The first-order chi connectivity index (χ1) is 9.84. The number of hydrogen-bond acceptors (Lipinski definition) is 4. The van der Waals surface area contributed by atoms with Gasteiger partial charge in [0.2, 0.25) is 11.8 Å². The van der Waals surface area contributed by atoms with E-state index in [0.29, 0.717) is 11.8 Å². The number of nitrogens with one attached hydrogen (secondary N) is 1. The molecule has 22 heavy (non-hydrogen) atoms. The lowest BCUT2D eigenvalue weighted by atomic mass is 9.94. The average Bonchev–Trinajstić information content (AvgIpc) is 3.05. The Hall–Kier alpha value is -0.460. The van der Waals surface area contributed by atoms with E-state index in [0.717, 1.165) is 31.8 Å². The van der Waals surface area contributed by atoms with Gasteiger partial charge in [0.15, 0.2) is 0 Å². The fourth-order valence-electron chi connectivity index (χ4n) is 2.98. The van der Waals surface area contributed by atoms with Crippen LogP contribution in [0.2, 0.25) is 0 Å². The van der Waals surface area contributed by atoms with Crippen molar-refractivity contribution in [1.82, 2.24) is 15.1 Å². The van der Waals surface area contributed by atoms with Crippen molar-refractivity contribution in [2.75, 3.05) is 38.3 Å². The van der Waals surface area contributed by atoms with Crippen LogP contribution in [0, 0.1) is 11.3 Å². The minimum atomic E-state index is -0.427. The van der Waals surface area contributed by atoms with E-state index in [9.17, 15) is 9.59 Å². The van der Waals surface area contributed by atoms with Crippen molar-refractivity contribution in [3.8, 4) is 0 Å². The van der Waals surface area contributed by atoms with Crippen LogP contribution in [0.3, 0.4) is 0 Å². The Morgan fingerprint density at radius 1 is 1.32 bits per heavy atom. The molecule has 128 valence electrons. The van der Waals surface area contributed by atoms with Gasteiger partial charge in [-0.25, -0.2) is 0 Å². The van der Waals surface area contributed by atoms with Gasteiger partial charge in [-0.2, -0.15) is 0 Å². The lowest BCUT2D eigenvalue weighted by Gasteiger charge is -2.31. The molecule has 0 aromatic carbocycles. The number of hydrogen-bond donors (Lipinski definition) is 1. The van der Waals surface area contributed by atoms with Crippen molar-refractivity contribution < 1.29 is 9.59 Å². The first kappa shape index (κ1) is 19.6. The van der Waals surface area contributed by atoms with Crippen molar-refractivity contribution in [3.05, 3.63) is 0 Å². The summed E-state index contributed by atoms with van der Waals surface area (Å²) in [7, 11) is 1.95. The molecule has 0 saturated carbocycles. The van der Waals surface area contributed by atoms with Crippen LogP contribution in [0.25, 0.3) is 0 Å². The maximum atomic E-state index is 12.7. The van der Waals surface area contributed by atoms with Crippen LogP contribution in [0.4, 0.5) is 0 Å². The van der Waals surface area contributed by atoms with Crippen LogP contribution in [-0.4, -0.2) is 66.0 Å². The predicted octanol–water partition coefficient (Wildman–Crippen LogP) is 1.42. The van der Waals surface area contributed by atoms with E-state index < -0.39 is 5.41 Å². The SMILES string of the molecule is CNCC1CCN(C(=O)C2CSCN2C(=O)C(C)(C)C)C1.Cl. The lowest BCUT2D eigenvalue weighted by molar-refractivity contribution is -0.147. The Labute approximate surface area is 144 Å². The molecule has 0 aromatic heterocycles. The summed E-state index contributed by atoms with van der Waals surface area (Å²) in [6.45, 7) is 8.34. The third kappa shape index (κ3) is 4.30. The minimum Gasteiger partial charge on any atom is -0.341 e. The Morgan fingerprint density at radius 2 is 2.00 bits per heavy atom. The first-order valence-corrected chi connectivity index (χ1v) is 8.82. The molecule has 1 N–H and O–H groups in total. The van der Waals surface area contributed by atoms with Crippen molar-refractivity contribution in [1.29, 1.82) is 0 Å². The smallest absolute Gasteiger partial charge is 0.246 e. The number of carbonyl (C=O) groups is 2. The molecular weight excluding hydrogens is 322 g/mol. The predicted molar refractivity (Wildman–Crippen MR) is 93.3 cm³/mol. The van der Waals surface area contributed by atoms with E-state index in [1.807, 2.05) is 32.7 Å². The summed E-state index contributed by atoms with van der Waals surface area (Å²) in [5.74, 6) is 2.13. The molecule has 2 rings (SSSR count). The number of halogens is 1. The molecular formula is C15H28ClN3O2S. The summed E-state index contributed by atoms with van der Waals surface area (Å²) < 4.78 is 0. The first-order valence-electron chi connectivity index (χ1n) is 7.66. The molecule has 2 aliphatic rings. The molecule has 5 nitrogen and oxygen atoms in total. The van der Waals surface area contributed by atoms with Gasteiger partial charge < -0.3 is 15.1 Å². The van der Waals surface area contributed by atoms with E-state index >= 15 is 0 Å². The van der Waals surface area contributed by atoms with Crippen LogP contribution in [0.5, 0.6) is 0 Å². The van der Waals surface area contributed by atoms with Gasteiger partial charge >= 0.3 is 0 Å². The number of rotatable bonds is 3. The number of amides is 2. The molecule has 2 unspecified atom stereocenters. The highest BCUT2D eigenvalue weighted by Crippen LogP contribution is 2.29. The molecule has 0 spiro atoms. The van der Waals surface area contributed by atoms with Gasteiger partial charge in [-0.15, -0.1) is 24.2 Å². The zero-order chi connectivity index (χ0) is 15.6. The Morgan fingerprint density at radius 3 is 2.59 bits per heavy atom. The second-order valence-electron chi connectivity index (χ2n) is 7.04. The second kappa shape index (κ2) is 7.88. The Bertz CT molecular complexity index is 414. The normalized spacial score (nSPS) is 25.3. The van der Waals surface area contributed by atoms with Crippen molar-refractivity contribution in [3.63, 3.8) is 0 Å². The third-order valence-electron chi connectivity index (χ3n) is 4.16. The minimum absolute atomic E-state index is 0. The molecule has 7 heteroatoms. The standard InChI is InChI=1S/C15H27N3O2S.ClH/c1-15(2,3)14(20)18-10-21-9-12(18)13(19)17-6-5-11(8-17)7-16-4;/h11-12,16H,5-10H2,1-4H3;1H. The van der Waals surface area contributed by atoms with Gasteiger partial charge in [0.1, 0.15) is 6.04 Å². The molecule has 2 aliphatic heterocycles. The number of likely N-dealkylation sites (tertiary alicyclic amines) is 1. The van der Waals surface area contributed by atoms with Crippen LogP contribution in [-0.2, 0) is 9.59 Å². The molecule has 0 aromatic rings. The summed E-state index contributed by atoms with van der Waals surface area (Å²) in [5.41, 5.74) is -0.427. The van der Waals surface area contributed by atoms with Gasteiger partial charge in [0.25, 0.3) is 0 Å². The van der Waals surface area contributed by atoms with Gasteiger partial charge in [-0.1, -0.05) is 20.8 Å². The molecule has 2 saturated heterocycles. The van der Waals surface area contributed by atoms with Gasteiger partial charge in [-0.3, -0.25) is 9.59 Å². The molecule has 2 amide bonds. The molecule has 2 atom stereocenters. The zero-order valence-electron chi connectivity index (χ0n) is 13.9. The molecule has 2 heterocycles.